The number of ether oxygens (including phenoxy) is 1. The topological polar surface area (TPSA) is 61.9 Å². The number of amides is 2. The van der Waals surface area contributed by atoms with Crippen LogP contribution >= 0.6 is 0 Å². The van der Waals surface area contributed by atoms with Gasteiger partial charge in [-0.25, -0.2) is 0 Å². The lowest BCUT2D eigenvalue weighted by atomic mass is 9.82. The smallest absolute Gasteiger partial charge is 0.246 e. The molecule has 2 amide bonds. The summed E-state index contributed by atoms with van der Waals surface area (Å²) in [6.45, 7) is 2.94. The van der Waals surface area contributed by atoms with E-state index in [4.69, 9.17) is 4.74 Å². The number of nitrogens with zero attached hydrogens (tertiary/aromatic N) is 2. The number of piperazine rings is 1. The van der Waals surface area contributed by atoms with E-state index in [9.17, 15) is 9.59 Å². The Balaban J connectivity index is 1.52. The van der Waals surface area contributed by atoms with Crippen molar-refractivity contribution in [1.82, 2.24) is 10.2 Å². The summed E-state index contributed by atoms with van der Waals surface area (Å²) in [5.74, 6) is 0.0149. The summed E-state index contributed by atoms with van der Waals surface area (Å²) in [4.78, 5) is 29.5. The standard InChI is InChI=1S/C19H25N3O3/c23-17-13-20-18(24)19(22(17)14-16-7-4-12-25-16)8-10-21(11-9-19)15-5-2-1-3-6-15/h1-3,5-6,16H,4,7-14H2,(H,20,24). The fourth-order valence-corrected chi connectivity index (χ4v) is 4.32. The summed E-state index contributed by atoms with van der Waals surface area (Å²) in [5.41, 5.74) is 0.456. The average Bonchev–Trinajstić information content (AvgIpc) is 3.17. The lowest BCUT2D eigenvalue weighted by Crippen LogP contribution is -2.70. The fraction of sp³-hybridized carbons (Fsp3) is 0.579. The lowest BCUT2D eigenvalue weighted by Gasteiger charge is -2.50. The predicted octanol–water partition coefficient (Wildman–Crippen LogP) is 1.16. The van der Waals surface area contributed by atoms with Crippen molar-refractivity contribution >= 4 is 17.5 Å². The summed E-state index contributed by atoms with van der Waals surface area (Å²) in [7, 11) is 0. The largest absolute Gasteiger partial charge is 0.376 e. The van der Waals surface area contributed by atoms with Crippen LogP contribution in [0.25, 0.3) is 0 Å². The molecule has 1 spiro atoms. The number of carbonyl (C=O) groups excluding carboxylic acids is 2. The van der Waals surface area contributed by atoms with Crippen LogP contribution in [0.5, 0.6) is 0 Å². The molecule has 1 atom stereocenters. The number of anilines is 1. The average molecular weight is 343 g/mol. The quantitative estimate of drug-likeness (QED) is 0.895. The highest BCUT2D eigenvalue weighted by Gasteiger charge is 2.51. The molecule has 1 N–H and O–H groups in total. The molecule has 0 saturated carbocycles. The molecule has 1 aromatic carbocycles. The summed E-state index contributed by atoms with van der Waals surface area (Å²) < 4.78 is 5.73. The van der Waals surface area contributed by atoms with E-state index in [0.29, 0.717) is 19.4 Å². The molecule has 1 aromatic rings. The maximum atomic E-state index is 12.8. The van der Waals surface area contributed by atoms with Crippen molar-refractivity contribution in [2.24, 2.45) is 0 Å². The Morgan fingerprint density at radius 2 is 1.92 bits per heavy atom. The number of nitrogens with one attached hydrogen (secondary N) is 1. The van der Waals surface area contributed by atoms with E-state index in [1.807, 2.05) is 23.1 Å². The molecule has 0 aliphatic carbocycles. The first-order valence-corrected chi connectivity index (χ1v) is 9.19. The molecule has 0 aromatic heterocycles. The van der Waals surface area contributed by atoms with E-state index in [1.165, 1.54) is 5.69 Å². The van der Waals surface area contributed by atoms with Crippen molar-refractivity contribution < 1.29 is 14.3 Å². The van der Waals surface area contributed by atoms with Gasteiger partial charge in [-0.3, -0.25) is 9.59 Å². The van der Waals surface area contributed by atoms with Crippen LogP contribution < -0.4 is 10.2 Å². The SMILES string of the molecule is O=C1CNC(=O)C2(CCN(c3ccccc3)CC2)N1CC1CCCO1. The Hall–Kier alpha value is -2.08. The van der Waals surface area contributed by atoms with Crippen molar-refractivity contribution in [2.75, 3.05) is 37.7 Å². The normalized spacial score (nSPS) is 26.2. The summed E-state index contributed by atoms with van der Waals surface area (Å²) in [6.07, 6.45) is 3.39. The third-order valence-corrected chi connectivity index (χ3v) is 5.76. The number of hydrogen-bond donors (Lipinski definition) is 1. The molecule has 3 heterocycles. The lowest BCUT2D eigenvalue weighted by molar-refractivity contribution is -0.157. The van der Waals surface area contributed by atoms with Gasteiger partial charge in [0.2, 0.25) is 11.8 Å². The second-order valence-electron chi connectivity index (χ2n) is 7.18. The molecule has 6 heteroatoms. The first kappa shape index (κ1) is 16.4. The molecule has 1 unspecified atom stereocenters. The van der Waals surface area contributed by atoms with Crippen molar-refractivity contribution in [3.05, 3.63) is 30.3 Å². The van der Waals surface area contributed by atoms with Gasteiger partial charge in [-0.15, -0.1) is 0 Å². The van der Waals surface area contributed by atoms with Crippen molar-refractivity contribution in [3.63, 3.8) is 0 Å². The molecule has 3 saturated heterocycles. The highest BCUT2D eigenvalue weighted by molar-refractivity contribution is 5.98. The number of rotatable bonds is 3. The number of benzene rings is 1. The third-order valence-electron chi connectivity index (χ3n) is 5.76. The van der Waals surface area contributed by atoms with Crippen LogP contribution in [-0.4, -0.2) is 61.1 Å². The zero-order chi connectivity index (χ0) is 17.3. The predicted molar refractivity (Wildman–Crippen MR) is 94.3 cm³/mol. The Labute approximate surface area is 148 Å². The second-order valence-corrected chi connectivity index (χ2v) is 7.18. The van der Waals surface area contributed by atoms with Crippen molar-refractivity contribution in [3.8, 4) is 0 Å². The Morgan fingerprint density at radius 1 is 1.16 bits per heavy atom. The molecule has 6 nitrogen and oxygen atoms in total. The monoisotopic (exact) mass is 343 g/mol. The van der Waals surface area contributed by atoms with Gasteiger partial charge in [-0.2, -0.15) is 0 Å². The van der Waals surface area contributed by atoms with Crippen LogP contribution in [0.15, 0.2) is 30.3 Å². The number of carbonyl (C=O) groups is 2. The minimum absolute atomic E-state index is 0.00203. The molecule has 0 radical (unpaired) electrons. The molecule has 3 aliphatic heterocycles. The van der Waals surface area contributed by atoms with Gasteiger partial charge in [0.25, 0.3) is 0 Å². The summed E-state index contributed by atoms with van der Waals surface area (Å²) >= 11 is 0. The molecule has 3 aliphatic rings. The Kier molecular flexibility index (Phi) is 4.37. The number of hydrogen-bond acceptors (Lipinski definition) is 4. The highest BCUT2D eigenvalue weighted by atomic mass is 16.5. The highest BCUT2D eigenvalue weighted by Crippen LogP contribution is 2.34. The van der Waals surface area contributed by atoms with E-state index >= 15 is 0 Å². The zero-order valence-electron chi connectivity index (χ0n) is 14.4. The molecule has 3 fully saturated rings. The zero-order valence-corrected chi connectivity index (χ0v) is 14.4. The first-order valence-electron chi connectivity index (χ1n) is 9.19. The van der Waals surface area contributed by atoms with Gasteiger partial charge in [0.15, 0.2) is 0 Å². The van der Waals surface area contributed by atoms with Crippen LogP contribution in [0.1, 0.15) is 25.7 Å². The van der Waals surface area contributed by atoms with Crippen LogP contribution in [0.2, 0.25) is 0 Å². The van der Waals surface area contributed by atoms with Gasteiger partial charge < -0.3 is 19.9 Å². The van der Waals surface area contributed by atoms with E-state index in [1.54, 1.807) is 0 Å². The van der Waals surface area contributed by atoms with E-state index in [-0.39, 0.29) is 24.5 Å². The molecule has 25 heavy (non-hydrogen) atoms. The minimum atomic E-state index is -0.716. The maximum absolute atomic E-state index is 12.8. The van der Waals surface area contributed by atoms with E-state index < -0.39 is 5.54 Å². The van der Waals surface area contributed by atoms with Crippen LogP contribution in [-0.2, 0) is 14.3 Å². The van der Waals surface area contributed by atoms with Crippen LogP contribution in [0.4, 0.5) is 5.69 Å². The molecular formula is C19H25N3O3. The van der Waals surface area contributed by atoms with Crippen LogP contribution in [0.3, 0.4) is 0 Å². The van der Waals surface area contributed by atoms with Crippen molar-refractivity contribution in [1.29, 1.82) is 0 Å². The first-order chi connectivity index (χ1) is 12.2. The minimum Gasteiger partial charge on any atom is -0.376 e. The van der Waals surface area contributed by atoms with E-state index in [0.717, 1.165) is 32.5 Å². The fourth-order valence-electron chi connectivity index (χ4n) is 4.32. The van der Waals surface area contributed by atoms with Gasteiger partial charge in [0.1, 0.15) is 5.54 Å². The number of piperidine rings is 1. The van der Waals surface area contributed by atoms with E-state index in [2.05, 4.69) is 22.3 Å². The molecular weight excluding hydrogens is 318 g/mol. The second kappa shape index (κ2) is 6.67. The van der Waals surface area contributed by atoms with Gasteiger partial charge in [-0.1, -0.05) is 18.2 Å². The number of para-hydroxylation sites is 1. The maximum Gasteiger partial charge on any atom is 0.246 e. The molecule has 134 valence electrons. The summed E-state index contributed by atoms with van der Waals surface area (Å²) in [5, 5.41) is 2.81. The molecule has 0 bridgehead atoms. The van der Waals surface area contributed by atoms with Gasteiger partial charge in [0.05, 0.1) is 12.6 Å². The Bertz CT molecular complexity index is 635. The van der Waals surface area contributed by atoms with Gasteiger partial charge >= 0.3 is 0 Å². The Morgan fingerprint density at radius 3 is 2.60 bits per heavy atom. The molecule has 4 rings (SSSR count). The summed E-state index contributed by atoms with van der Waals surface area (Å²) in [6, 6.07) is 10.2. The third kappa shape index (κ3) is 2.99. The van der Waals surface area contributed by atoms with Crippen LogP contribution in [0, 0.1) is 0 Å². The van der Waals surface area contributed by atoms with Gasteiger partial charge in [0, 0.05) is 31.9 Å². The van der Waals surface area contributed by atoms with Gasteiger partial charge in [-0.05, 0) is 37.8 Å². The van der Waals surface area contributed by atoms with Crippen molar-refractivity contribution in [2.45, 2.75) is 37.3 Å².